The van der Waals surface area contributed by atoms with Crippen molar-refractivity contribution in [1.82, 2.24) is 0 Å². The third kappa shape index (κ3) is 6.84. The highest BCUT2D eigenvalue weighted by atomic mass is 127. The molecular formula is C25H37IO8S. The van der Waals surface area contributed by atoms with Gasteiger partial charge in [0.2, 0.25) is 0 Å². The molecule has 0 unspecified atom stereocenters. The molecular weight excluding hydrogens is 587 g/mol. The van der Waals surface area contributed by atoms with Gasteiger partial charge in [0, 0.05) is 43.2 Å². The number of methoxy groups -OCH3 is 4. The van der Waals surface area contributed by atoms with Crippen LogP contribution in [-0.2, 0) is 43.4 Å². The molecule has 1 heterocycles. The Hall–Kier alpha value is -0.600. The molecule has 5 atom stereocenters. The second-order valence-electron chi connectivity index (χ2n) is 9.27. The predicted molar refractivity (Wildman–Crippen MR) is 143 cm³/mol. The van der Waals surface area contributed by atoms with E-state index in [1.807, 2.05) is 38.1 Å². The number of carbonyl (C=O) groups excluding carboxylic acids is 2. The van der Waals surface area contributed by atoms with Crippen LogP contribution in [0.4, 0.5) is 0 Å². The van der Waals surface area contributed by atoms with Gasteiger partial charge in [-0.25, -0.2) is 0 Å². The van der Waals surface area contributed by atoms with Crippen LogP contribution < -0.4 is 0 Å². The van der Waals surface area contributed by atoms with Gasteiger partial charge in [0.05, 0.1) is 12.7 Å². The van der Waals surface area contributed by atoms with Gasteiger partial charge < -0.3 is 28.4 Å². The van der Waals surface area contributed by atoms with Crippen LogP contribution >= 0.6 is 34.4 Å². The van der Waals surface area contributed by atoms with E-state index < -0.39 is 47.2 Å². The van der Waals surface area contributed by atoms with E-state index in [-0.39, 0.29) is 12.0 Å². The van der Waals surface area contributed by atoms with Crippen LogP contribution in [0.3, 0.4) is 0 Å². The van der Waals surface area contributed by atoms with Crippen LogP contribution in [0, 0.1) is 3.57 Å². The maximum atomic E-state index is 13.8. The standard InChI is InChI=1S/C25H37IO8S/c1-15(2)33-25(22(32-8)20(31-7)19(30-6)18(34-25)13-29-5)21(27)23(28)35-14-24(3,4)16-11-9-10-12-17(16)26/h9-12,15,18-20,22H,13-14H2,1-8H3/t18-,19-,20+,22+,25+/m1/s1. The summed E-state index contributed by atoms with van der Waals surface area (Å²) in [5.74, 6) is -2.46. The first kappa shape index (κ1) is 30.6. The highest BCUT2D eigenvalue weighted by Gasteiger charge is 2.63. The van der Waals surface area contributed by atoms with Gasteiger partial charge in [-0.05, 0) is 48.1 Å². The Labute approximate surface area is 226 Å². The molecule has 1 aromatic carbocycles. The van der Waals surface area contributed by atoms with E-state index >= 15 is 0 Å². The summed E-state index contributed by atoms with van der Waals surface area (Å²) in [7, 11) is 5.94. The maximum Gasteiger partial charge on any atom is 0.271 e. The Morgan fingerprint density at radius 2 is 1.71 bits per heavy atom. The number of Topliss-reactive ketones (excluding diaryl/α,β-unsaturated/α-hetero) is 1. The predicted octanol–water partition coefficient (Wildman–Crippen LogP) is 3.61. The Kier molecular flexibility index (Phi) is 11.6. The Morgan fingerprint density at radius 3 is 2.23 bits per heavy atom. The van der Waals surface area contributed by atoms with Crippen molar-refractivity contribution in [3.63, 3.8) is 0 Å². The van der Waals surface area contributed by atoms with Crippen LogP contribution in [0.1, 0.15) is 33.3 Å². The molecule has 198 valence electrons. The van der Waals surface area contributed by atoms with Crippen molar-refractivity contribution in [3.05, 3.63) is 33.4 Å². The van der Waals surface area contributed by atoms with Gasteiger partial charge in [0.25, 0.3) is 16.7 Å². The summed E-state index contributed by atoms with van der Waals surface area (Å²) in [6.45, 7) is 7.72. The van der Waals surface area contributed by atoms with Gasteiger partial charge in [0.15, 0.2) is 0 Å². The summed E-state index contributed by atoms with van der Waals surface area (Å²) < 4.78 is 35.7. The van der Waals surface area contributed by atoms with Crippen LogP contribution in [-0.4, -0.2) is 88.0 Å². The molecule has 1 fully saturated rings. The average Bonchev–Trinajstić information content (AvgIpc) is 2.81. The highest BCUT2D eigenvalue weighted by Crippen LogP contribution is 2.39. The third-order valence-electron chi connectivity index (χ3n) is 5.90. The van der Waals surface area contributed by atoms with Crippen molar-refractivity contribution in [3.8, 4) is 0 Å². The van der Waals surface area contributed by atoms with E-state index in [2.05, 4.69) is 22.6 Å². The minimum absolute atomic E-state index is 0.103. The number of ether oxygens (including phenoxy) is 6. The first-order chi connectivity index (χ1) is 16.5. The number of ketones is 1. The molecule has 2 rings (SSSR count). The highest BCUT2D eigenvalue weighted by molar-refractivity contribution is 14.1. The number of rotatable bonds is 12. The lowest BCUT2D eigenvalue weighted by atomic mass is 9.87. The smallest absolute Gasteiger partial charge is 0.271 e. The third-order valence-corrected chi connectivity index (χ3v) is 8.15. The molecule has 0 N–H and O–H groups in total. The second kappa shape index (κ2) is 13.3. The molecule has 35 heavy (non-hydrogen) atoms. The molecule has 0 spiro atoms. The number of hydrogen-bond donors (Lipinski definition) is 0. The number of thioether (sulfide) groups is 1. The van der Waals surface area contributed by atoms with Gasteiger partial charge in [-0.1, -0.05) is 43.8 Å². The summed E-state index contributed by atoms with van der Waals surface area (Å²) in [5, 5.41) is -0.673. The topological polar surface area (TPSA) is 89.5 Å². The van der Waals surface area contributed by atoms with E-state index in [9.17, 15) is 9.59 Å². The molecule has 0 aromatic heterocycles. The van der Waals surface area contributed by atoms with Crippen LogP contribution in [0.2, 0.25) is 0 Å². The van der Waals surface area contributed by atoms with E-state index in [4.69, 9.17) is 28.4 Å². The molecule has 0 aliphatic carbocycles. The minimum Gasteiger partial charge on any atom is -0.382 e. The summed E-state index contributed by atoms with van der Waals surface area (Å²) >= 11 is 3.23. The maximum absolute atomic E-state index is 13.8. The first-order valence-corrected chi connectivity index (χ1v) is 13.4. The zero-order chi connectivity index (χ0) is 26.4. The van der Waals surface area contributed by atoms with E-state index in [1.165, 1.54) is 28.4 Å². The van der Waals surface area contributed by atoms with Crippen LogP contribution in [0.25, 0.3) is 0 Å². The molecule has 8 nitrogen and oxygen atoms in total. The quantitative estimate of drug-likeness (QED) is 0.256. The van der Waals surface area contributed by atoms with E-state index in [0.717, 1.165) is 20.9 Å². The Balaban J connectivity index is 2.40. The summed E-state index contributed by atoms with van der Waals surface area (Å²) in [4.78, 5) is 27.2. The fourth-order valence-corrected chi connectivity index (χ4v) is 6.35. The zero-order valence-corrected chi connectivity index (χ0v) is 24.6. The number of carbonyl (C=O) groups is 2. The molecule has 0 bridgehead atoms. The minimum atomic E-state index is -2.02. The molecule has 10 heteroatoms. The lowest BCUT2D eigenvalue weighted by molar-refractivity contribution is -0.359. The van der Waals surface area contributed by atoms with Gasteiger partial charge in [-0.15, -0.1) is 0 Å². The lowest BCUT2D eigenvalue weighted by Gasteiger charge is -2.50. The lowest BCUT2D eigenvalue weighted by Crippen LogP contribution is -2.71. The fraction of sp³-hybridized carbons (Fsp3) is 0.680. The summed E-state index contributed by atoms with van der Waals surface area (Å²) in [6.07, 6.45) is -3.58. The van der Waals surface area contributed by atoms with Crippen LogP contribution in [0.15, 0.2) is 24.3 Å². The molecule has 0 amide bonds. The van der Waals surface area contributed by atoms with Crippen molar-refractivity contribution >= 4 is 45.3 Å². The zero-order valence-electron chi connectivity index (χ0n) is 21.7. The van der Waals surface area contributed by atoms with Gasteiger partial charge in [-0.2, -0.15) is 0 Å². The molecule has 1 saturated heterocycles. The molecule has 1 aliphatic rings. The monoisotopic (exact) mass is 624 g/mol. The van der Waals surface area contributed by atoms with Crippen molar-refractivity contribution in [2.24, 2.45) is 0 Å². The Bertz CT molecular complexity index is 864. The average molecular weight is 625 g/mol. The molecule has 1 aromatic rings. The normalized spacial score (nSPS) is 27.3. The molecule has 0 radical (unpaired) electrons. The van der Waals surface area contributed by atoms with Gasteiger partial charge in [0.1, 0.15) is 24.4 Å². The van der Waals surface area contributed by atoms with E-state index in [0.29, 0.717) is 5.75 Å². The van der Waals surface area contributed by atoms with Crippen molar-refractivity contribution in [1.29, 1.82) is 0 Å². The number of hydrogen-bond acceptors (Lipinski definition) is 9. The molecule has 0 saturated carbocycles. The Morgan fingerprint density at radius 1 is 1.09 bits per heavy atom. The van der Waals surface area contributed by atoms with Crippen molar-refractivity contribution in [2.75, 3.05) is 40.8 Å². The first-order valence-electron chi connectivity index (χ1n) is 11.4. The summed E-state index contributed by atoms with van der Waals surface area (Å²) in [5.41, 5.74) is 0.751. The van der Waals surface area contributed by atoms with Crippen molar-refractivity contribution in [2.45, 2.75) is 69.4 Å². The number of benzene rings is 1. The fourth-order valence-electron chi connectivity index (χ4n) is 4.31. The van der Waals surface area contributed by atoms with Gasteiger partial charge >= 0.3 is 0 Å². The van der Waals surface area contributed by atoms with Crippen molar-refractivity contribution < 1.29 is 38.0 Å². The molecule has 1 aliphatic heterocycles. The second-order valence-corrected chi connectivity index (χ2v) is 11.4. The SMILES string of the molecule is COC[C@H]1O[C@@](OC(C)C)(C(=O)C(=O)SCC(C)(C)c2ccccc2I)[C@@H](OC)[C@@H](OC)[C@@H]1OC. The largest absolute Gasteiger partial charge is 0.382 e. The number of halogens is 1. The summed E-state index contributed by atoms with van der Waals surface area (Å²) in [6, 6.07) is 7.99. The van der Waals surface area contributed by atoms with E-state index in [1.54, 1.807) is 13.8 Å². The van der Waals surface area contributed by atoms with Crippen LogP contribution in [0.5, 0.6) is 0 Å². The van der Waals surface area contributed by atoms with Gasteiger partial charge in [-0.3, -0.25) is 9.59 Å².